The number of carbonyl (C=O) groups is 2. The van der Waals surface area contributed by atoms with E-state index in [4.69, 9.17) is 9.47 Å². The number of aromatic hydroxyl groups is 1. The predicted octanol–water partition coefficient (Wildman–Crippen LogP) is 5.54. The van der Waals surface area contributed by atoms with Gasteiger partial charge in [0.1, 0.15) is 29.0 Å². The van der Waals surface area contributed by atoms with Crippen LogP contribution in [0.5, 0.6) is 17.2 Å². The van der Waals surface area contributed by atoms with E-state index in [0.29, 0.717) is 5.75 Å². The van der Waals surface area contributed by atoms with Crippen LogP contribution in [0.25, 0.3) is 10.8 Å². The standard InChI is InChI=1S/C30H30N2O5/c1-30(2,3)22-8-13-24(14-9-22)37-25-12-7-20-17-26(31-18-21(20)16-25)28(34)32-27(29(35)36-4)15-19-5-10-23(33)11-6-19/h5-14,16-18,27,33H,15H2,1-4H3,(H,32,34)/t27-/m0/s1. The topological polar surface area (TPSA) is 97.8 Å². The second kappa shape index (κ2) is 10.7. The smallest absolute Gasteiger partial charge is 0.328 e. The third kappa shape index (κ3) is 6.44. The Morgan fingerprint density at radius 1 is 0.919 bits per heavy atom. The number of aromatic nitrogens is 1. The summed E-state index contributed by atoms with van der Waals surface area (Å²) in [5, 5.41) is 13.8. The molecule has 0 spiro atoms. The van der Waals surface area contributed by atoms with Crippen molar-refractivity contribution in [2.75, 3.05) is 7.11 Å². The van der Waals surface area contributed by atoms with Crippen molar-refractivity contribution in [2.45, 2.75) is 38.6 Å². The highest BCUT2D eigenvalue weighted by atomic mass is 16.5. The minimum atomic E-state index is -0.903. The highest BCUT2D eigenvalue weighted by Gasteiger charge is 2.23. The highest BCUT2D eigenvalue weighted by molar-refractivity contribution is 5.98. The Kier molecular flexibility index (Phi) is 7.43. The Morgan fingerprint density at radius 2 is 1.59 bits per heavy atom. The van der Waals surface area contributed by atoms with Crippen LogP contribution in [-0.4, -0.2) is 35.1 Å². The van der Waals surface area contributed by atoms with Gasteiger partial charge in [0.15, 0.2) is 0 Å². The number of ether oxygens (including phenoxy) is 2. The van der Waals surface area contributed by atoms with Crippen LogP contribution in [0.2, 0.25) is 0 Å². The van der Waals surface area contributed by atoms with Gasteiger partial charge in [0.2, 0.25) is 0 Å². The lowest BCUT2D eigenvalue weighted by molar-refractivity contribution is -0.142. The predicted molar refractivity (Wildman–Crippen MR) is 142 cm³/mol. The Labute approximate surface area is 216 Å². The molecule has 3 aromatic carbocycles. The number of nitrogens with one attached hydrogen (secondary N) is 1. The maximum Gasteiger partial charge on any atom is 0.328 e. The van der Waals surface area contributed by atoms with Crippen molar-refractivity contribution < 1.29 is 24.2 Å². The van der Waals surface area contributed by atoms with Crippen LogP contribution in [0.1, 0.15) is 42.4 Å². The molecule has 4 rings (SSSR count). The molecule has 1 atom stereocenters. The zero-order chi connectivity index (χ0) is 26.6. The number of nitrogens with zero attached hydrogens (tertiary/aromatic N) is 1. The number of methoxy groups -OCH3 is 1. The summed E-state index contributed by atoms with van der Waals surface area (Å²) >= 11 is 0. The highest BCUT2D eigenvalue weighted by Crippen LogP contribution is 2.29. The van der Waals surface area contributed by atoms with E-state index in [2.05, 4.69) is 43.2 Å². The number of benzene rings is 3. The minimum Gasteiger partial charge on any atom is -0.508 e. The number of phenols is 1. The van der Waals surface area contributed by atoms with Gasteiger partial charge in [-0.3, -0.25) is 9.78 Å². The van der Waals surface area contributed by atoms with Crippen molar-refractivity contribution in [3.05, 3.63) is 95.8 Å². The lowest BCUT2D eigenvalue weighted by Crippen LogP contribution is -2.43. The summed E-state index contributed by atoms with van der Waals surface area (Å²) in [7, 11) is 1.27. The van der Waals surface area contributed by atoms with Crippen molar-refractivity contribution in [3.8, 4) is 17.2 Å². The lowest BCUT2D eigenvalue weighted by Gasteiger charge is -2.19. The fraction of sp³-hybridized carbons (Fsp3) is 0.233. The molecule has 1 amide bonds. The normalized spacial score (nSPS) is 12.1. The maximum atomic E-state index is 12.9. The van der Waals surface area contributed by atoms with Gasteiger partial charge in [-0.25, -0.2) is 4.79 Å². The number of phenolic OH excluding ortho intramolecular Hbond substituents is 1. The van der Waals surface area contributed by atoms with E-state index in [1.165, 1.54) is 24.8 Å². The van der Waals surface area contributed by atoms with E-state index in [9.17, 15) is 14.7 Å². The number of hydrogen-bond acceptors (Lipinski definition) is 6. The molecule has 37 heavy (non-hydrogen) atoms. The molecule has 1 aromatic heterocycles. The van der Waals surface area contributed by atoms with Crippen LogP contribution in [0.4, 0.5) is 0 Å². The first-order chi connectivity index (χ1) is 17.6. The number of esters is 1. The SMILES string of the molecule is COC(=O)[C@H](Cc1ccc(O)cc1)NC(=O)c1cc2ccc(Oc3ccc(C(C)(C)C)cc3)cc2cn1. The summed E-state index contributed by atoms with van der Waals surface area (Å²) in [4.78, 5) is 29.5. The third-order valence-corrected chi connectivity index (χ3v) is 6.05. The molecule has 0 aliphatic carbocycles. The molecule has 7 heteroatoms. The van der Waals surface area contributed by atoms with Gasteiger partial charge in [0.25, 0.3) is 5.91 Å². The molecule has 0 saturated carbocycles. The fourth-order valence-electron chi connectivity index (χ4n) is 3.90. The number of carbonyl (C=O) groups excluding carboxylic acids is 2. The Bertz CT molecular complexity index is 1410. The first-order valence-electron chi connectivity index (χ1n) is 12.0. The van der Waals surface area contributed by atoms with E-state index in [1.807, 2.05) is 30.3 Å². The van der Waals surface area contributed by atoms with Gasteiger partial charge in [-0.2, -0.15) is 0 Å². The monoisotopic (exact) mass is 498 g/mol. The van der Waals surface area contributed by atoms with E-state index >= 15 is 0 Å². The molecule has 0 aliphatic rings. The van der Waals surface area contributed by atoms with Crippen LogP contribution in [0.3, 0.4) is 0 Å². The molecule has 0 bridgehead atoms. The first-order valence-corrected chi connectivity index (χ1v) is 12.0. The summed E-state index contributed by atoms with van der Waals surface area (Å²) in [6, 6.07) is 20.8. The Balaban J connectivity index is 1.47. The molecule has 1 heterocycles. The van der Waals surface area contributed by atoms with E-state index in [0.717, 1.165) is 22.1 Å². The van der Waals surface area contributed by atoms with Crippen molar-refractivity contribution >= 4 is 22.6 Å². The number of rotatable bonds is 7. The average molecular weight is 499 g/mol. The summed E-state index contributed by atoms with van der Waals surface area (Å²) in [5.41, 5.74) is 2.24. The zero-order valence-corrected chi connectivity index (χ0v) is 21.3. The third-order valence-electron chi connectivity index (χ3n) is 6.05. The first kappa shape index (κ1) is 25.7. The molecule has 190 valence electrons. The van der Waals surface area contributed by atoms with Crippen LogP contribution < -0.4 is 10.1 Å². The van der Waals surface area contributed by atoms with Crippen molar-refractivity contribution in [1.29, 1.82) is 0 Å². The zero-order valence-electron chi connectivity index (χ0n) is 21.3. The largest absolute Gasteiger partial charge is 0.508 e. The minimum absolute atomic E-state index is 0.0690. The molecule has 0 aliphatic heterocycles. The molecular formula is C30H30N2O5. The summed E-state index contributed by atoms with van der Waals surface area (Å²) in [6.07, 6.45) is 1.82. The van der Waals surface area contributed by atoms with Crippen LogP contribution in [0, 0.1) is 0 Å². The number of amides is 1. The van der Waals surface area contributed by atoms with Crippen LogP contribution >= 0.6 is 0 Å². The molecule has 7 nitrogen and oxygen atoms in total. The molecule has 2 N–H and O–H groups in total. The summed E-state index contributed by atoms with van der Waals surface area (Å²) in [6.45, 7) is 6.50. The van der Waals surface area contributed by atoms with Gasteiger partial charge in [-0.05, 0) is 64.4 Å². The fourth-order valence-corrected chi connectivity index (χ4v) is 3.90. The molecule has 0 unspecified atom stereocenters. The van der Waals surface area contributed by atoms with Gasteiger partial charge < -0.3 is 19.9 Å². The van der Waals surface area contributed by atoms with Crippen molar-refractivity contribution in [3.63, 3.8) is 0 Å². The van der Waals surface area contributed by atoms with Gasteiger partial charge in [0, 0.05) is 18.0 Å². The van der Waals surface area contributed by atoms with Gasteiger partial charge in [0.05, 0.1) is 7.11 Å². The maximum absolute atomic E-state index is 12.9. The Hall–Kier alpha value is -4.39. The number of pyridine rings is 1. The molecule has 0 fully saturated rings. The number of fused-ring (bicyclic) bond motifs is 1. The molecule has 0 radical (unpaired) electrons. The Morgan fingerprint density at radius 3 is 2.24 bits per heavy atom. The van der Waals surface area contributed by atoms with Gasteiger partial charge in [-0.1, -0.05) is 51.1 Å². The average Bonchev–Trinajstić information content (AvgIpc) is 2.88. The molecular weight excluding hydrogens is 468 g/mol. The van der Waals surface area contributed by atoms with Crippen molar-refractivity contribution in [2.24, 2.45) is 0 Å². The summed E-state index contributed by atoms with van der Waals surface area (Å²) < 4.78 is 10.9. The second-order valence-corrected chi connectivity index (χ2v) is 9.87. The van der Waals surface area contributed by atoms with Gasteiger partial charge in [-0.15, -0.1) is 0 Å². The van der Waals surface area contributed by atoms with E-state index < -0.39 is 17.9 Å². The van der Waals surface area contributed by atoms with Crippen LogP contribution in [-0.2, 0) is 21.4 Å². The summed E-state index contributed by atoms with van der Waals surface area (Å²) in [5.74, 6) is 0.457. The van der Waals surface area contributed by atoms with Gasteiger partial charge >= 0.3 is 5.97 Å². The van der Waals surface area contributed by atoms with Crippen LogP contribution in [0.15, 0.2) is 79.0 Å². The lowest BCUT2D eigenvalue weighted by atomic mass is 9.87. The molecule has 0 saturated heterocycles. The quantitative estimate of drug-likeness (QED) is 0.325. The van der Waals surface area contributed by atoms with E-state index in [-0.39, 0.29) is 23.3 Å². The molecule has 4 aromatic rings. The van der Waals surface area contributed by atoms with E-state index in [1.54, 1.807) is 24.4 Å². The number of hydrogen-bond donors (Lipinski definition) is 2. The second-order valence-electron chi connectivity index (χ2n) is 9.87. The van der Waals surface area contributed by atoms with Crippen molar-refractivity contribution in [1.82, 2.24) is 10.3 Å².